The standard InChI is InChI=1S/C16H20FN3O/c17-14-4-2-1-3-12(14)9-13-10-20(8-5-15(13)21)11-16-18-6-7-19-16/h1-4,6-7,13,15,21H,5,8-11H2,(H,18,19)/t13-,15-/m1/s1. The number of nitrogens with one attached hydrogen (secondary N) is 1. The van der Waals surface area contributed by atoms with Gasteiger partial charge in [0, 0.05) is 31.4 Å². The van der Waals surface area contributed by atoms with Crippen molar-refractivity contribution in [1.29, 1.82) is 0 Å². The molecule has 2 heterocycles. The smallest absolute Gasteiger partial charge is 0.126 e. The molecule has 0 aliphatic carbocycles. The van der Waals surface area contributed by atoms with Crippen LogP contribution in [-0.2, 0) is 13.0 Å². The second-order valence-corrected chi connectivity index (χ2v) is 5.68. The Balaban J connectivity index is 1.65. The van der Waals surface area contributed by atoms with E-state index in [1.54, 1.807) is 18.3 Å². The lowest BCUT2D eigenvalue weighted by atomic mass is 9.88. The molecule has 0 saturated carbocycles. The lowest BCUT2D eigenvalue weighted by molar-refractivity contribution is 0.0228. The van der Waals surface area contributed by atoms with Crippen molar-refractivity contribution < 1.29 is 9.50 Å². The molecule has 2 N–H and O–H groups in total. The Morgan fingerprint density at radius 1 is 1.38 bits per heavy atom. The number of halogens is 1. The van der Waals surface area contributed by atoms with Gasteiger partial charge in [-0.2, -0.15) is 0 Å². The summed E-state index contributed by atoms with van der Waals surface area (Å²) in [7, 11) is 0. The third-order valence-electron chi connectivity index (χ3n) is 4.15. The largest absolute Gasteiger partial charge is 0.393 e. The SMILES string of the molecule is O[C@@H]1CCN(Cc2ncc[nH]2)C[C@H]1Cc1ccccc1F. The molecule has 1 fully saturated rings. The fraction of sp³-hybridized carbons (Fsp3) is 0.438. The number of piperidine rings is 1. The Hall–Kier alpha value is -1.72. The monoisotopic (exact) mass is 289 g/mol. The summed E-state index contributed by atoms with van der Waals surface area (Å²) >= 11 is 0. The van der Waals surface area contributed by atoms with Gasteiger partial charge in [-0.25, -0.2) is 9.37 Å². The minimum Gasteiger partial charge on any atom is -0.393 e. The van der Waals surface area contributed by atoms with E-state index >= 15 is 0 Å². The van der Waals surface area contributed by atoms with Gasteiger partial charge in [0.05, 0.1) is 12.6 Å². The highest BCUT2D eigenvalue weighted by molar-refractivity contribution is 5.18. The lowest BCUT2D eigenvalue weighted by Gasteiger charge is -2.36. The maximum atomic E-state index is 13.8. The van der Waals surface area contributed by atoms with Gasteiger partial charge in [0.2, 0.25) is 0 Å². The first-order valence-electron chi connectivity index (χ1n) is 7.34. The molecule has 21 heavy (non-hydrogen) atoms. The summed E-state index contributed by atoms with van der Waals surface area (Å²) in [5.74, 6) is 0.800. The number of imidazole rings is 1. The van der Waals surface area contributed by atoms with Crippen LogP contribution in [-0.4, -0.2) is 39.2 Å². The van der Waals surface area contributed by atoms with E-state index in [0.29, 0.717) is 12.0 Å². The first-order valence-corrected chi connectivity index (χ1v) is 7.34. The quantitative estimate of drug-likeness (QED) is 0.905. The van der Waals surface area contributed by atoms with Gasteiger partial charge in [-0.3, -0.25) is 4.90 Å². The number of hydrogen-bond donors (Lipinski definition) is 2. The summed E-state index contributed by atoms with van der Waals surface area (Å²) in [6.07, 6.45) is 4.48. The topological polar surface area (TPSA) is 52.1 Å². The highest BCUT2D eigenvalue weighted by atomic mass is 19.1. The van der Waals surface area contributed by atoms with Crippen LogP contribution in [0.2, 0.25) is 0 Å². The zero-order valence-corrected chi connectivity index (χ0v) is 11.9. The zero-order valence-electron chi connectivity index (χ0n) is 11.9. The summed E-state index contributed by atoms with van der Waals surface area (Å²) in [5.41, 5.74) is 0.682. The average Bonchev–Trinajstić information content (AvgIpc) is 2.98. The number of hydrogen-bond acceptors (Lipinski definition) is 3. The van der Waals surface area contributed by atoms with Gasteiger partial charge in [-0.1, -0.05) is 18.2 Å². The summed E-state index contributed by atoms with van der Waals surface area (Å²) in [4.78, 5) is 9.59. The summed E-state index contributed by atoms with van der Waals surface area (Å²) < 4.78 is 13.8. The number of rotatable bonds is 4. The molecule has 1 aliphatic rings. The van der Waals surface area contributed by atoms with E-state index in [0.717, 1.165) is 31.9 Å². The molecule has 0 unspecified atom stereocenters. The maximum Gasteiger partial charge on any atom is 0.126 e. The second kappa shape index (κ2) is 6.37. The minimum absolute atomic E-state index is 0.0608. The van der Waals surface area contributed by atoms with Crippen LogP contribution in [0.15, 0.2) is 36.7 Å². The van der Waals surface area contributed by atoms with Gasteiger partial charge < -0.3 is 10.1 Å². The highest BCUT2D eigenvalue weighted by Gasteiger charge is 2.28. The molecule has 3 rings (SSSR count). The van der Waals surface area contributed by atoms with Gasteiger partial charge in [0.1, 0.15) is 11.6 Å². The number of nitrogens with zero attached hydrogens (tertiary/aromatic N) is 2. The number of aromatic amines is 1. The van der Waals surface area contributed by atoms with E-state index in [-0.39, 0.29) is 17.8 Å². The first-order chi connectivity index (χ1) is 10.2. The summed E-state index contributed by atoms with van der Waals surface area (Å²) in [6, 6.07) is 6.81. The van der Waals surface area contributed by atoms with Gasteiger partial charge in [-0.05, 0) is 24.5 Å². The molecule has 112 valence electrons. The number of aromatic nitrogens is 2. The van der Waals surface area contributed by atoms with Crippen molar-refractivity contribution in [3.05, 3.63) is 53.9 Å². The average molecular weight is 289 g/mol. The number of H-pyrrole nitrogens is 1. The predicted molar refractivity (Wildman–Crippen MR) is 78.1 cm³/mol. The van der Waals surface area contributed by atoms with E-state index in [2.05, 4.69) is 14.9 Å². The Labute approximate surface area is 123 Å². The van der Waals surface area contributed by atoms with Crippen molar-refractivity contribution in [2.45, 2.75) is 25.5 Å². The van der Waals surface area contributed by atoms with Crippen LogP contribution in [0.1, 0.15) is 17.8 Å². The van der Waals surface area contributed by atoms with Gasteiger partial charge in [0.15, 0.2) is 0 Å². The molecule has 5 heteroatoms. The maximum absolute atomic E-state index is 13.8. The zero-order chi connectivity index (χ0) is 14.7. The fourth-order valence-corrected chi connectivity index (χ4v) is 2.98. The normalized spacial score (nSPS) is 23.3. The molecule has 1 aromatic carbocycles. The minimum atomic E-state index is -0.363. The molecule has 4 nitrogen and oxygen atoms in total. The molecular formula is C16H20FN3O. The number of benzene rings is 1. The first kappa shape index (κ1) is 14.2. The second-order valence-electron chi connectivity index (χ2n) is 5.68. The van der Waals surface area contributed by atoms with E-state index in [9.17, 15) is 9.50 Å². The van der Waals surface area contributed by atoms with Gasteiger partial charge in [-0.15, -0.1) is 0 Å². The molecule has 0 amide bonds. The van der Waals surface area contributed by atoms with E-state index < -0.39 is 0 Å². The Morgan fingerprint density at radius 2 is 2.24 bits per heavy atom. The molecule has 2 atom stereocenters. The third kappa shape index (κ3) is 3.49. The number of likely N-dealkylation sites (tertiary alicyclic amines) is 1. The molecule has 0 radical (unpaired) electrons. The molecule has 0 spiro atoms. The van der Waals surface area contributed by atoms with Gasteiger partial charge >= 0.3 is 0 Å². The molecule has 1 saturated heterocycles. The van der Waals surface area contributed by atoms with Crippen molar-refractivity contribution in [2.75, 3.05) is 13.1 Å². The van der Waals surface area contributed by atoms with Crippen LogP contribution in [0.25, 0.3) is 0 Å². The Bertz CT molecular complexity index is 573. The van der Waals surface area contributed by atoms with Crippen LogP contribution < -0.4 is 0 Å². The van der Waals surface area contributed by atoms with E-state index in [1.807, 2.05) is 12.3 Å². The van der Waals surface area contributed by atoms with Crippen LogP contribution in [0.5, 0.6) is 0 Å². The van der Waals surface area contributed by atoms with Crippen molar-refractivity contribution in [3.63, 3.8) is 0 Å². The van der Waals surface area contributed by atoms with Crippen LogP contribution >= 0.6 is 0 Å². The van der Waals surface area contributed by atoms with Crippen molar-refractivity contribution in [1.82, 2.24) is 14.9 Å². The molecule has 1 aliphatic heterocycles. The molecular weight excluding hydrogens is 269 g/mol. The van der Waals surface area contributed by atoms with Crippen molar-refractivity contribution in [3.8, 4) is 0 Å². The van der Waals surface area contributed by atoms with Crippen LogP contribution in [0.4, 0.5) is 4.39 Å². The molecule has 0 bridgehead atoms. The number of aliphatic hydroxyl groups is 1. The van der Waals surface area contributed by atoms with Crippen molar-refractivity contribution >= 4 is 0 Å². The Kier molecular flexibility index (Phi) is 4.31. The summed E-state index contributed by atoms with van der Waals surface area (Å²) in [6.45, 7) is 2.35. The van der Waals surface area contributed by atoms with E-state index in [1.165, 1.54) is 6.07 Å². The lowest BCUT2D eigenvalue weighted by Crippen LogP contribution is -2.43. The van der Waals surface area contributed by atoms with Crippen LogP contribution in [0.3, 0.4) is 0 Å². The summed E-state index contributed by atoms with van der Waals surface area (Å²) in [5, 5.41) is 10.2. The third-order valence-corrected chi connectivity index (χ3v) is 4.15. The highest BCUT2D eigenvalue weighted by Crippen LogP contribution is 2.23. The Morgan fingerprint density at radius 3 is 3.00 bits per heavy atom. The van der Waals surface area contributed by atoms with Gasteiger partial charge in [0.25, 0.3) is 0 Å². The predicted octanol–water partition coefficient (Wildman–Crippen LogP) is 1.97. The van der Waals surface area contributed by atoms with Crippen molar-refractivity contribution in [2.24, 2.45) is 5.92 Å². The van der Waals surface area contributed by atoms with E-state index in [4.69, 9.17) is 0 Å². The molecule has 2 aromatic rings. The van der Waals surface area contributed by atoms with Crippen LogP contribution in [0, 0.1) is 11.7 Å². The molecule has 1 aromatic heterocycles. The fourth-order valence-electron chi connectivity index (χ4n) is 2.98. The number of aliphatic hydroxyl groups excluding tert-OH is 1.